The number of ether oxygens (including phenoxy) is 1. The zero-order valence-electron chi connectivity index (χ0n) is 25.8. The SMILES string of the molecule is CCC(O)(CC)[C@H](CNCc1ccc(C)cc1C)NC(=O)CNC(=O)c1cc(C(F)(F)F)ccc1NC(=O)OC(C)(C)C. The fourth-order valence-corrected chi connectivity index (χ4v) is 4.45. The van der Waals surface area contributed by atoms with Gasteiger partial charge in [-0.25, -0.2) is 4.79 Å². The fraction of sp³-hybridized carbons (Fsp3) is 0.516. The van der Waals surface area contributed by atoms with E-state index in [-0.39, 0.29) is 12.2 Å². The van der Waals surface area contributed by atoms with Gasteiger partial charge in [0.25, 0.3) is 5.91 Å². The van der Waals surface area contributed by atoms with E-state index >= 15 is 0 Å². The van der Waals surface area contributed by atoms with E-state index in [0.717, 1.165) is 28.8 Å². The molecule has 1 atom stereocenters. The second kappa shape index (κ2) is 14.7. The van der Waals surface area contributed by atoms with E-state index in [4.69, 9.17) is 4.74 Å². The van der Waals surface area contributed by atoms with Crippen LogP contribution in [0.3, 0.4) is 0 Å². The molecule has 9 nitrogen and oxygen atoms in total. The molecule has 2 aromatic rings. The molecule has 0 aliphatic carbocycles. The van der Waals surface area contributed by atoms with Gasteiger partial charge in [0, 0.05) is 13.1 Å². The lowest BCUT2D eigenvalue weighted by atomic mass is 9.88. The first-order valence-corrected chi connectivity index (χ1v) is 14.2. The molecule has 0 saturated heterocycles. The van der Waals surface area contributed by atoms with Gasteiger partial charge in [0.2, 0.25) is 5.91 Å². The topological polar surface area (TPSA) is 129 Å². The Balaban J connectivity index is 2.16. The van der Waals surface area contributed by atoms with Crippen molar-refractivity contribution < 1.29 is 37.4 Å². The van der Waals surface area contributed by atoms with Gasteiger partial charge in [0.05, 0.1) is 35.0 Å². The molecule has 0 heterocycles. The van der Waals surface area contributed by atoms with E-state index in [2.05, 4.69) is 27.3 Å². The van der Waals surface area contributed by atoms with Crippen molar-refractivity contribution in [3.63, 3.8) is 0 Å². The second-order valence-corrected chi connectivity index (χ2v) is 11.6. The van der Waals surface area contributed by atoms with Gasteiger partial charge in [-0.3, -0.25) is 14.9 Å². The van der Waals surface area contributed by atoms with Crippen molar-refractivity contribution in [1.82, 2.24) is 16.0 Å². The Labute approximate surface area is 251 Å². The third kappa shape index (κ3) is 10.9. The van der Waals surface area contributed by atoms with Crippen molar-refractivity contribution in [3.05, 3.63) is 64.2 Å². The lowest BCUT2D eigenvalue weighted by Gasteiger charge is -2.35. The van der Waals surface area contributed by atoms with Gasteiger partial charge in [-0.15, -0.1) is 0 Å². The van der Waals surface area contributed by atoms with Crippen LogP contribution in [0.25, 0.3) is 0 Å². The lowest BCUT2D eigenvalue weighted by molar-refractivity contribution is -0.137. The molecule has 238 valence electrons. The van der Waals surface area contributed by atoms with Crippen LogP contribution in [0.1, 0.15) is 80.1 Å². The number of anilines is 1. The Morgan fingerprint density at radius 3 is 2.19 bits per heavy atom. The van der Waals surface area contributed by atoms with Gasteiger partial charge in [-0.1, -0.05) is 37.6 Å². The molecule has 43 heavy (non-hydrogen) atoms. The van der Waals surface area contributed by atoms with Crippen molar-refractivity contribution in [2.45, 2.75) is 91.3 Å². The molecule has 0 aliphatic rings. The number of nitrogens with one attached hydrogen (secondary N) is 4. The molecule has 0 bridgehead atoms. The van der Waals surface area contributed by atoms with E-state index in [1.54, 1.807) is 34.6 Å². The minimum absolute atomic E-state index is 0.222. The number of hydrogen-bond acceptors (Lipinski definition) is 6. The quantitative estimate of drug-likeness (QED) is 0.225. The Morgan fingerprint density at radius 2 is 1.63 bits per heavy atom. The van der Waals surface area contributed by atoms with Gasteiger partial charge in [0.15, 0.2) is 0 Å². The molecule has 0 aromatic heterocycles. The third-order valence-corrected chi connectivity index (χ3v) is 7.01. The number of amides is 3. The average molecular weight is 609 g/mol. The summed E-state index contributed by atoms with van der Waals surface area (Å²) in [6.45, 7) is 12.6. The molecule has 5 N–H and O–H groups in total. The van der Waals surface area contributed by atoms with Crippen LogP contribution in [0.5, 0.6) is 0 Å². The number of halogens is 3. The molecule has 2 aromatic carbocycles. The molecule has 2 rings (SSSR count). The van der Waals surface area contributed by atoms with E-state index in [1.165, 1.54) is 0 Å². The number of hydrogen-bond donors (Lipinski definition) is 5. The summed E-state index contributed by atoms with van der Waals surface area (Å²) in [5.41, 5.74) is -0.664. The van der Waals surface area contributed by atoms with Gasteiger partial charge >= 0.3 is 12.3 Å². The van der Waals surface area contributed by atoms with Crippen LogP contribution in [0.15, 0.2) is 36.4 Å². The van der Waals surface area contributed by atoms with Crippen LogP contribution >= 0.6 is 0 Å². The number of aliphatic hydroxyl groups is 1. The van der Waals surface area contributed by atoms with E-state index in [0.29, 0.717) is 25.5 Å². The highest BCUT2D eigenvalue weighted by Crippen LogP contribution is 2.32. The molecule has 0 spiro atoms. The Hall–Kier alpha value is -3.64. The van der Waals surface area contributed by atoms with Crippen molar-refractivity contribution in [1.29, 1.82) is 0 Å². The minimum Gasteiger partial charge on any atom is -0.444 e. The number of aryl methyl sites for hydroxylation is 2. The molecule has 0 fully saturated rings. The Morgan fingerprint density at radius 1 is 0.977 bits per heavy atom. The van der Waals surface area contributed by atoms with Crippen LogP contribution in [-0.2, 0) is 22.3 Å². The maximum Gasteiger partial charge on any atom is 0.416 e. The zero-order valence-corrected chi connectivity index (χ0v) is 25.8. The summed E-state index contributed by atoms with van der Waals surface area (Å²) in [6, 6.07) is 7.60. The predicted molar refractivity (Wildman–Crippen MR) is 159 cm³/mol. The zero-order chi connectivity index (χ0) is 32.6. The highest BCUT2D eigenvalue weighted by atomic mass is 19.4. The normalized spacial score (nSPS) is 12.8. The molecule has 12 heteroatoms. The Bertz CT molecular complexity index is 1290. The van der Waals surface area contributed by atoms with Crippen molar-refractivity contribution in [2.75, 3.05) is 18.4 Å². The van der Waals surface area contributed by atoms with Gasteiger partial charge in [-0.2, -0.15) is 13.2 Å². The summed E-state index contributed by atoms with van der Waals surface area (Å²) in [7, 11) is 0. The molecular formula is C31H43F3N4O5. The summed E-state index contributed by atoms with van der Waals surface area (Å²) in [4.78, 5) is 38.1. The smallest absolute Gasteiger partial charge is 0.416 e. The molecule has 0 saturated carbocycles. The van der Waals surface area contributed by atoms with Gasteiger partial charge in [-0.05, 0) is 76.8 Å². The molecule has 0 radical (unpaired) electrons. The van der Waals surface area contributed by atoms with E-state index in [9.17, 15) is 32.7 Å². The number of carbonyl (C=O) groups excluding carboxylic acids is 3. The molecular weight excluding hydrogens is 565 g/mol. The van der Waals surface area contributed by atoms with Crippen LogP contribution in [0, 0.1) is 13.8 Å². The number of benzene rings is 2. The molecule has 3 amide bonds. The molecule has 0 aliphatic heterocycles. The number of alkyl halides is 3. The van der Waals surface area contributed by atoms with Crippen LogP contribution < -0.4 is 21.3 Å². The van der Waals surface area contributed by atoms with Gasteiger partial charge in [0.1, 0.15) is 5.60 Å². The summed E-state index contributed by atoms with van der Waals surface area (Å²) >= 11 is 0. The highest BCUT2D eigenvalue weighted by Gasteiger charge is 2.35. The van der Waals surface area contributed by atoms with Crippen LogP contribution in [0.2, 0.25) is 0 Å². The largest absolute Gasteiger partial charge is 0.444 e. The molecule has 0 unspecified atom stereocenters. The van der Waals surface area contributed by atoms with Crippen LogP contribution in [-0.4, -0.2) is 53.3 Å². The lowest BCUT2D eigenvalue weighted by Crippen LogP contribution is -2.58. The monoisotopic (exact) mass is 608 g/mol. The van der Waals surface area contributed by atoms with Crippen molar-refractivity contribution in [3.8, 4) is 0 Å². The van der Waals surface area contributed by atoms with Crippen molar-refractivity contribution in [2.24, 2.45) is 0 Å². The standard InChI is InChI=1S/C31H43F3N4O5/c1-8-30(42,9-2)25(17-35-16-21-11-10-19(3)14-20(21)4)38-26(39)18-36-27(40)23-15-22(31(32,33)34)12-13-24(23)37-28(41)43-29(5,6)7/h10-15,25,35,42H,8-9,16-18H2,1-7H3,(H,36,40)(H,37,41)(H,38,39)/t25-/m0/s1. The van der Waals surface area contributed by atoms with Crippen molar-refractivity contribution >= 4 is 23.6 Å². The van der Waals surface area contributed by atoms with Gasteiger partial charge < -0.3 is 25.8 Å². The van der Waals surface area contributed by atoms with E-state index in [1.807, 2.05) is 26.0 Å². The summed E-state index contributed by atoms with van der Waals surface area (Å²) < 4.78 is 45.3. The maximum atomic E-state index is 13.4. The highest BCUT2D eigenvalue weighted by molar-refractivity contribution is 6.04. The summed E-state index contributed by atoms with van der Waals surface area (Å²) in [5, 5.41) is 21.8. The first-order chi connectivity index (χ1) is 19.9. The minimum atomic E-state index is -4.75. The number of carbonyl (C=O) groups is 3. The average Bonchev–Trinajstić information content (AvgIpc) is 2.90. The fourth-order valence-electron chi connectivity index (χ4n) is 4.45. The first kappa shape index (κ1) is 35.6. The second-order valence-electron chi connectivity index (χ2n) is 11.6. The summed E-state index contributed by atoms with van der Waals surface area (Å²) in [6.07, 6.45) is -5.03. The Kier molecular flexibility index (Phi) is 12.2. The first-order valence-electron chi connectivity index (χ1n) is 14.2. The maximum absolute atomic E-state index is 13.4. The number of rotatable bonds is 12. The predicted octanol–water partition coefficient (Wildman–Crippen LogP) is 5.22. The van der Waals surface area contributed by atoms with Crippen LogP contribution in [0.4, 0.5) is 23.7 Å². The van der Waals surface area contributed by atoms with E-state index < -0.39 is 59.0 Å². The summed E-state index contributed by atoms with van der Waals surface area (Å²) in [5.74, 6) is -1.67. The third-order valence-electron chi connectivity index (χ3n) is 7.01.